The molecule has 0 radical (unpaired) electrons. The summed E-state index contributed by atoms with van der Waals surface area (Å²) >= 11 is 0. The van der Waals surface area contributed by atoms with Crippen LogP contribution in [0.1, 0.15) is 23.5 Å². The van der Waals surface area contributed by atoms with Gasteiger partial charge in [-0.15, -0.1) is 0 Å². The summed E-state index contributed by atoms with van der Waals surface area (Å²) in [6, 6.07) is 19.1. The van der Waals surface area contributed by atoms with E-state index in [1.54, 1.807) is 0 Å². The highest BCUT2D eigenvalue weighted by molar-refractivity contribution is 6.37. The van der Waals surface area contributed by atoms with Crippen molar-refractivity contribution in [3.63, 3.8) is 0 Å². The van der Waals surface area contributed by atoms with E-state index in [-0.39, 0.29) is 0 Å². The fourth-order valence-corrected chi connectivity index (χ4v) is 2.78. The standard InChI is InChI=1S/C19H18O4/c20-18-17(15-9-5-2-6-10-15)16(23-19(18)21)11-12-22-13-14-7-3-1-4-8-14/h1-10,16-17H,11-13H2. The minimum atomic E-state index is -0.744. The Bertz CT molecular complexity index is 666. The van der Waals surface area contributed by atoms with E-state index < -0.39 is 23.8 Å². The second kappa shape index (κ2) is 7.20. The summed E-state index contributed by atoms with van der Waals surface area (Å²) in [7, 11) is 0. The molecule has 2 aromatic rings. The van der Waals surface area contributed by atoms with Crippen molar-refractivity contribution in [2.24, 2.45) is 0 Å². The van der Waals surface area contributed by atoms with E-state index in [9.17, 15) is 9.59 Å². The van der Waals surface area contributed by atoms with Crippen LogP contribution in [-0.4, -0.2) is 24.5 Å². The van der Waals surface area contributed by atoms with Crippen molar-refractivity contribution in [1.82, 2.24) is 0 Å². The number of carbonyl (C=O) groups excluding carboxylic acids is 2. The molecule has 0 bridgehead atoms. The Kier molecular flexibility index (Phi) is 4.83. The molecule has 2 unspecified atom stereocenters. The molecule has 1 heterocycles. The SMILES string of the molecule is O=C1OC(CCOCc2ccccc2)C(c2ccccc2)C1=O. The predicted molar refractivity (Wildman–Crippen MR) is 84.8 cm³/mol. The first kappa shape index (κ1) is 15.4. The smallest absolute Gasteiger partial charge is 0.375 e. The van der Waals surface area contributed by atoms with Crippen LogP contribution in [0.4, 0.5) is 0 Å². The molecule has 0 N–H and O–H groups in total. The molecular weight excluding hydrogens is 292 g/mol. The summed E-state index contributed by atoms with van der Waals surface area (Å²) in [5.41, 5.74) is 1.91. The molecular formula is C19H18O4. The van der Waals surface area contributed by atoms with E-state index in [1.165, 1.54) is 0 Å². The molecule has 0 aliphatic carbocycles. The van der Waals surface area contributed by atoms with Gasteiger partial charge in [0.1, 0.15) is 6.10 Å². The number of hydrogen-bond acceptors (Lipinski definition) is 4. The van der Waals surface area contributed by atoms with Crippen LogP contribution in [0.3, 0.4) is 0 Å². The third kappa shape index (κ3) is 3.66. The second-order valence-corrected chi connectivity index (χ2v) is 5.52. The average Bonchev–Trinajstić information content (AvgIpc) is 2.88. The zero-order valence-electron chi connectivity index (χ0n) is 12.7. The van der Waals surface area contributed by atoms with Gasteiger partial charge in [0.05, 0.1) is 19.1 Å². The number of ketones is 1. The van der Waals surface area contributed by atoms with Crippen LogP contribution in [0.5, 0.6) is 0 Å². The molecule has 118 valence electrons. The number of rotatable bonds is 6. The van der Waals surface area contributed by atoms with Crippen molar-refractivity contribution in [2.45, 2.75) is 25.0 Å². The number of hydrogen-bond donors (Lipinski definition) is 0. The van der Waals surface area contributed by atoms with Gasteiger partial charge in [0.2, 0.25) is 0 Å². The van der Waals surface area contributed by atoms with Crippen molar-refractivity contribution in [3.8, 4) is 0 Å². The van der Waals surface area contributed by atoms with Gasteiger partial charge in [0.15, 0.2) is 0 Å². The number of Topliss-reactive ketones (excluding diaryl/α,β-unsaturated/α-hetero) is 1. The Labute approximate surface area is 135 Å². The Morgan fingerprint density at radius 1 is 0.913 bits per heavy atom. The first-order valence-electron chi connectivity index (χ1n) is 7.67. The molecule has 0 amide bonds. The Balaban J connectivity index is 1.58. The fraction of sp³-hybridized carbons (Fsp3) is 0.263. The average molecular weight is 310 g/mol. The van der Waals surface area contributed by atoms with Crippen molar-refractivity contribution in [1.29, 1.82) is 0 Å². The van der Waals surface area contributed by atoms with Crippen LogP contribution >= 0.6 is 0 Å². The lowest BCUT2D eigenvalue weighted by atomic mass is 9.90. The van der Waals surface area contributed by atoms with Crippen molar-refractivity contribution in [2.75, 3.05) is 6.61 Å². The topological polar surface area (TPSA) is 52.6 Å². The number of benzene rings is 2. The maximum absolute atomic E-state index is 12.1. The number of cyclic esters (lactones) is 1. The van der Waals surface area contributed by atoms with E-state index in [2.05, 4.69) is 0 Å². The fourth-order valence-electron chi connectivity index (χ4n) is 2.78. The molecule has 2 atom stereocenters. The number of carbonyl (C=O) groups is 2. The summed E-state index contributed by atoms with van der Waals surface area (Å²) in [4.78, 5) is 23.7. The molecule has 23 heavy (non-hydrogen) atoms. The van der Waals surface area contributed by atoms with Crippen LogP contribution in [0.2, 0.25) is 0 Å². The van der Waals surface area contributed by atoms with Crippen molar-refractivity contribution >= 4 is 11.8 Å². The Morgan fingerprint density at radius 2 is 1.57 bits per heavy atom. The van der Waals surface area contributed by atoms with E-state index in [0.717, 1.165) is 11.1 Å². The molecule has 0 saturated carbocycles. The van der Waals surface area contributed by atoms with Gasteiger partial charge in [-0.3, -0.25) is 4.79 Å². The normalized spacial score (nSPS) is 20.5. The molecule has 2 aromatic carbocycles. The van der Waals surface area contributed by atoms with Gasteiger partial charge in [-0.1, -0.05) is 60.7 Å². The summed E-state index contributed by atoms with van der Waals surface area (Å²) in [5.74, 6) is -1.74. The predicted octanol–water partition coefficient (Wildman–Crippen LogP) is 2.87. The van der Waals surface area contributed by atoms with Crippen molar-refractivity contribution in [3.05, 3.63) is 71.8 Å². The van der Waals surface area contributed by atoms with Gasteiger partial charge in [-0.05, 0) is 11.1 Å². The highest BCUT2D eigenvalue weighted by Gasteiger charge is 2.43. The van der Waals surface area contributed by atoms with E-state index in [4.69, 9.17) is 9.47 Å². The highest BCUT2D eigenvalue weighted by atomic mass is 16.6. The lowest BCUT2D eigenvalue weighted by Gasteiger charge is -2.16. The third-order valence-electron chi connectivity index (χ3n) is 3.93. The molecule has 1 aliphatic rings. The Hall–Kier alpha value is -2.46. The molecule has 1 fully saturated rings. The summed E-state index contributed by atoms with van der Waals surface area (Å²) in [6.07, 6.45) is 0.0531. The van der Waals surface area contributed by atoms with Crippen LogP contribution in [-0.2, 0) is 25.7 Å². The Morgan fingerprint density at radius 3 is 2.26 bits per heavy atom. The highest BCUT2D eigenvalue weighted by Crippen LogP contribution is 2.31. The van der Waals surface area contributed by atoms with Gasteiger partial charge in [0.25, 0.3) is 5.78 Å². The minimum Gasteiger partial charge on any atom is -0.455 e. The van der Waals surface area contributed by atoms with Crippen LogP contribution < -0.4 is 0 Å². The molecule has 4 heteroatoms. The summed E-state index contributed by atoms with van der Waals surface area (Å²) in [5, 5.41) is 0. The first-order chi connectivity index (χ1) is 11.3. The van der Waals surface area contributed by atoms with Gasteiger partial charge in [-0.25, -0.2) is 4.79 Å². The molecule has 0 aromatic heterocycles. The second-order valence-electron chi connectivity index (χ2n) is 5.52. The van der Waals surface area contributed by atoms with Gasteiger partial charge >= 0.3 is 5.97 Å². The number of esters is 1. The summed E-state index contributed by atoms with van der Waals surface area (Å²) < 4.78 is 10.9. The van der Waals surface area contributed by atoms with E-state index in [0.29, 0.717) is 19.6 Å². The van der Waals surface area contributed by atoms with Crippen LogP contribution in [0.25, 0.3) is 0 Å². The lowest BCUT2D eigenvalue weighted by Crippen LogP contribution is -2.20. The number of ether oxygens (including phenoxy) is 2. The zero-order chi connectivity index (χ0) is 16.1. The first-order valence-corrected chi connectivity index (χ1v) is 7.67. The summed E-state index contributed by atoms with van der Waals surface area (Å²) in [6.45, 7) is 0.939. The molecule has 4 nitrogen and oxygen atoms in total. The van der Waals surface area contributed by atoms with Gasteiger partial charge < -0.3 is 9.47 Å². The van der Waals surface area contributed by atoms with Gasteiger partial charge in [0, 0.05) is 6.42 Å². The largest absolute Gasteiger partial charge is 0.455 e. The lowest BCUT2D eigenvalue weighted by molar-refractivity contribution is -0.149. The maximum atomic E-state index is 12.1. The minimum absolute atomic E-state index is 0.434. The van der Waals surface area contributed by atoms with Crippen LogP contribution in [0.15, 0.2) is 60.7 Å². The monoisotopic (exact) mass is 310 g/mol. The molecule has 3 rings (SSSR count). The van der Waals surface area contributed by atoms with Gasteiger partial charge in [-0.2, -0.15) is 0 Å². The maximum Gasteiger partial charge on any atom is 0.375 e. The van der Waals surface area contributed by atoms with E-state index in [1.807, 2.05) is 60.7 Å². The third-order valence-corrected chi connectivity index (χ3v) is 3.93. The molecule has 1 aliphatic heterocycles. The van der Waals surface area contributed by atoms with Crippen molar-refractivity contribution < 1.29 is 19.1 Å². The van der Waals surface area contributed by atoms with Crippen LogP contribution in [0, 0.1) is 0 Å². The van der Waals surface area contributed by atoms with E-state index >= 15 is 0 Å². The molecule has 1 saturated heterocycles. The molecule has 0 spiro atoms. The quantitative estimate of drug-likeness (QED) is 0.468. The zero-order valence-corrected chi connectivity index (χ0v) is 12.7.